The fraction of sp³-hybridized carbons (Fsp3) is 0.148. The zero-order valence-electron chi connectivity index (χ0n) is 19.5. The van der Waals surface area contributed by atoms with Crippen LogP contribution in [0.2, 0.25) is 10.2 Å². The highest BCUT2D eigenvalue weighted by atomic mass is 35.5. The number of thioether (sulfide) groups is 1. The number of aromatic nitrogens is 1. The topological polar surface area (TPSA) is 64.0 Å². The largest absolute Gasteiger partial charge is 0.490 e. The van der Waals surface area contributed by atoms with E-state index in [-0.39, 0.29) is 11.1 Å². The van der Waals surface area contributed by atoms with Gasteiger partial charge in [0.2, 0.25) is 0 Å². The average Bonchev–Trinajstić information content (AvgIpc) is 3.15. The lowest BCUT2D eigenvalue weighted by atomic mass is 10.1. The summed E-state index contributed by atoms with van der Waals surface area (Å²) < 4.78 is 11.8. The van der Waals surface area contributed by atoms with Crippen LogP contribution in [0.4, 0.5) is 5.69 Å². The number of amidine groups is 1. The molecule has 6 nitrogen and oxygen atoms in total. The number of halogens is 2. The highest BCUT2D eigenvalue weighted by Crippen LogP contribution is 2.37. The Morgan fingerprint density at radius 2 is 1.94 bits per heavy atom. The SMILES string of the molecule is C=CCN1C(=O)/C(=C/c2ccc(OCc3ccccc3Cl)c(OCC)c2)SC1=Nc1cccnc1Cl. The van der Waals surface area contributed by atoms with Crippen molar-refractivity contribution in [1.82, 2.24) is 9.88 Å². The minimum atomic E-state index is -0.171. The van der Waals surface area contributed by atoms with Crippen LogP contribution < -0.4 is 9.47 Å². The van der Waals surface area contributed by atoms with Crippen LogP contribution >= 0.6 is 35.0 Å². The molecule has 0 spiro atoms. The molecule has 0 aliphatic carbocycles. The number of carbonyl (C=O) groups is 1. The summed E-state index contributed by atoms with van der Waals surface area (Å²) in [5, 5.41) is 1.41. The van der Waals surface area contributed by atoms with E-state index < -0.39 is 0 Å². The second-order valence-corrected chi connectivity index (χ2v) is 9.32. The third-order valence-electron chi connectivity index (χ3n) is 5.06. The molecule has 9 heteroatoms. The molecule has 2 heterocycles. The number of nitrogens with zero attached hydrogens (tertiary/aromatic N) is 3. The first kappa shape index (κ1) is 25.8. The maximum atomic E-state index is 13.1. The van der Waals surface area contributed by atoms with Gasteiger partial charge in [-0.05, 0) is 60.7 Å². The van der Waals surface area contributed by atoms with Crippen molar-refractivity contribution in [3.63, 3.8) is 0 Å². The van der Waals surface area contributed by atoms with Crippen LogP contribution in [0.3, 0.4) is 0 Å². The van der Waals surface area contributed by atoms with Crippen LogP contribution in [-0.4, -0.2) is 34.1 Å². The van der Waals surface area contributed by atoms with Gasteiger partial charge in [0.25, 0.3) is 5.91 Å². The molecule has 1 aliphatic heterocycles. The van der Waals surface area contributed by atoms with Crippen molar-refractivity contribution in [2.24, 2.45) is 4.99 Å². The molecule has 0 saturated carbocycles. The van der Waals surface area contributed by atoms with E-state index in [1.54, 1.807) is 35.4 Å². The highest BCUT2D eigenvalue weighted by Gasteiger charge is 2.32. The molecule has 0 atom stereocenters. The van der Waals surface area contributed by atoms with Gasteiger partial charge in [0.05, 0.1) is 11.5 Å². The molecule has 1 aromatic heterocycles. The van der Waals surface area contributed by atoms with Crippen LogP contribution in [0, 0.1) is 0 Å². The number of benzene rings is 2. The minimum absolute atomic E-state index is 0.171. The van der Waals surface area contributed by atoms with Crippen LogP contribution in [0.5, 0.6) is 11.5 Å². The average molecular weight is 540 g/mol. The summed E-state index contributed by atoms with van der Waals surface area (Å²) in [6.07, 6.45) is 5.04. The quantitative estimate of drug-likeness (QED) is 0.164. The second-order valence-electron chi connectivity index (χ2n) is 7.54. The maximum Gasteiger partial charge on any atom is 0.267 e. The fourth-order valence-electron chi connectivity index (χ4n) is 3.37. The summed E-state index contributed by atoms with van der Waals surface area (Å²) in [5.74, 6) is 0.995. The van der Waals surface area contributed by atoms with Crippen molar-refractivity contribution >= 4 is 57.8 Å². The van der Waals surface area contributed by atoms with Gasteiger partial charge >= 0.3 is 0 Å². The van der Waals surface area contributed by atoms with Gasteiger partial charge in [0.1, 0.15) is 12.3 Å². The van der Waals surface area contributed by atoms with Crippen LogP contribution in [0.15, 0.2) is 83.3 Å². The van der Waals surface area contributed by atoms with Gasteiger partial charge in [0.15, 0.2) is 21.8 Å². The lowest BCUT2D eigenvalue weighted by molar-refractivity contribution is -0.121. The molecule has 0 unspecified atom stereocenters. The Labute approximate surface area is 224 Å². The number of amides is 1. The summed E-state index contributed by atoms with van der Waals surface area (Å²) in [4.78, 5) is 23.8. The van der Waals surface area contributed by atoms with E-state index in [1.165, 1.54) is 11.8 Å². The van der Waals surface area contributed by atoms with Gasteiger partial charge in [-0.3, -0.25) is 9.69 Å². The molecule has 0 radical (unpaired) electrons. The van der Waals surface area contributed by atoms with Crippen molar-refractivity contribution < 1.29 is 14.3 Å². The summed E-state index contributed by atoms with van der Waals surface area (Å²) in [6, 6.07) is 16.6. The molecule has 2 aromatic carbocycles. The highest BCUT2D eigenvalue weighted by molar-refractivity contribution is 8.18. The molecule has 1 aliphatic rings. The first-order valence-corrected chi connectivity index (χ1v) is 12.7. The number of hydrogen-bond acceptors (Lipinski definition) is 6. The van der Waals surface area contributed by atoms with Crippen molar-refractivity contribution in [2.45, 2.75) is 13.5 Å². The van der Waals surface area contributed by atoms with Crippen molar-refractivity contribution in [2.75, 3.05) is 13.2 Å². The van der Waals surface area contributed by atoms with Gasteiger partial charge in [-0.1, -0.05) is 53.5 Å². The molecule has 0 N–H and O–H groups in total. The summed E-state index contributed by atoms with van der Waals surface area (Å²) in [5.41, 5.74) is 2.16. The fourth-order valence-corrected chi connectivity index (χ4v) is 4.72. The lowest BCUT2D eigenvalue weighted by Crippen LogP contribution is -2.29. The van der Waals surface area contributed by atoms with Crippen molar-refractivity contribution in [3.8, 4) is 11.5 Å². The van der Waals surface area contributed by atoms with Crippen molar-refractivity contribution in [3.05, 3.63) is 99.7 Å². The predicted octanol–water partition coefficient (Wildman–Crippen LogP) is 7.16. The standard InChI is InChI=1S/C27H23Cl2N3O3S/c1-3-14-32-26(33)24(36-27(32)31-21-10-7-13-30-25(21)29)16-18-11-12-22(23(15-18)34-4-2)35-17-19-8-5-6-9-20(19)28/h3,5-13,15-16H,1,4,14,17H2,2H3/b24-16-,31-27?. The minimum Gasteiger partial charge on any atom is -0.490 e. The lowest BCUT2D eigenvalue weighted by Gasteiger charge is -2.13. The number of aliphatic imine (C=N–C) groups is 1. The molecule has 1 amide bonds. The number of pyridine rings is 1. The Morgan fingerprint density at radius 3 is 2.69 bits per heavy atom. The first-order chi connectivity index (χ1) is 17.5. The van der Waals surface area contributed by atoms with E-state index in [2.05, 4.69) is 16.6 Å². The van der Waals surface area contributed by atoms with Gasteiger partial charge in [0, 0.05) is 23.3 Å². The van der Waals surface area contributed by atoms with E-state index in [4.69, 9.17) is 32.7 Å². The van der Waals surface area contributed by atoms with Gasteiger partial charge in [-0.15, -0.1) is 6.58 Å². The van der Waals surface area contributed by atoms with Crippen LogP contribution in [-0.2, 0) is 11.4 Å². The third-order valence-corrected chi connectivity index (χ3v) is 6.73. The Balaban J connectivity index is 1.60. The zero-order valence-corrected chi connectivity index (χ0v) is 21.8. The summed E-state index contributed by atoms with van der Waals surface area (Å²) in [6.45, 7) is 6.75. The molecule has 3 aromatic rings. The van der Waals surface area contributed by atoms with Gasteiger partial charge in [-0.2, -0.15) is 0 Å². The monoisotopic (exact) mass is 539 g/mol. The van der Waals surface area contributed by atoms with Gasteiger partial charge in [-0.25, -0.2) is 9.98 Å². The Hall–Kier alpha value is -3.26. The van der Waals surface area contributed by atoms with Crippen LogP contribution in [0.25, 0.3) is 6.08 Å². The Kier molecular flexibility index (Phi) is 8.70. The summed E-state index contributed by atoms with van der Waals surface area (Å²) >= 11 is 13.7. The Morgan fingerprint density at radius 1 is 1.11 bits per heavy atom. The van der Waals surface area contributed by atoms with E-state index in [0.29, 0.717) is 52.0 Å². The molecule has 0 bridgehead atoms. The van der Waals surface area contributed by atoms with Crippen molar-refractivity contribution in [1.29, 1.82) is 0 Å². The Bertz CT molecular complexity index is 1340. The van der Waals surface area contributed by atoms with E-state index in [0.717, 1.165) is 11.1 Å². The van der Waals surface area contributed by atoms with E-state index in [1.807, 2.05) is 49.4 Å². The zero-order chi connectivity index (χ0) is 25.5. The molecule has 1 fully saturated rings. The first-order valence-electron chi connectivity index (χ1n) is 11.1. The number of rotatable bonds is 9. The summed E-state index contributed by atoms with van der Waals surface area (Å²) in [7, 11) is 0. The molecule has 36 heavy (non-hydrogen) atoms. The van der Waals surface area contributed by atoms with E-state index in [9.17, 15) is 4.79 Å². The smallest absolute Gasteiger partial charge is 0.267 e. The van der Waals surface area contributed by atoms with Gasteiger partial charge < -0.3 is 9.47 Å². The van der Waals surface area contributed by atoms with Crippen LogP contribution in [0.1, 0.15) is 18.1 Å². The predicted molar refractivity (Wildman–Crippen MR) is 147 cm³/mol. The van der Waals surface area contributed by atoms with E-state index >= 15 is 0 Å². The number of carbonyl (C=O) groups excluding carboxylic acids is 1. The number of hydrogen-bond donors (Lipinski definition) is 0. The third kappa shape index (κ3) is 6.10. The number of ether oxygens (including phenoxy) is 2. The molecule has 1 saturated heterocycles. The molecule has 4 rings (SSSR count). The second kappa shape index (κ2) is 12.1. The molecular weight excluding hydrogens is 517 g/mol. The normalized spacial score (nSPS) is 15.5. The molecular formula is C27H23Cl2N3O3S. The maximum absolute atomic E-state index is 13.1. The molecule has 184 valence electrons.